The minimum atomic E-state index is -7.10. The summed E-state index contributed by atoms with van der Waals surface area (Å²) in [6.07, 6.45) is -13.1. The van der Waals surface area contributed by atoms with Crippen LogP contribution < -0.4 is 0 Å². The van der Waals surface area contributed by atoms with E-state index >= 15 is 0 Å². The SMILES string of the molecule is CC1(C(F)(F)C(F)(F)C(F)(F)F)CC(F)(CF)C(F)(F)CC1(F)F. The van der Waals surface area contributed by atoms with Gasteiger partial charge in [0.05, 0.1) is 6.42 Å². The standard InChI is InChI=1S/C11H9F13/c1-5(9(18,19)10(20,21)11(22,23)24)2-6(13,4-12)8(16,17)3-7(5,14)15/h2-4H2,1H3. The molecule has 1 aliphatic carbocycles. The van der Waals surface area contributed by atoms with Crippen molar-refractivity contribution in [2.45, 2.75) is 55.3 Å². The number of rotatable bonds is 3. The van der Waals surface area contributed by atoms with Crippen molar-refractivity contribution >= 4 is 0 Å². The van der Waals surface area contributed by atoms with E-state index in [1.807, 2.05) is 0 Å². The van der Waals surface area contributed by atoms with Gasteiger partial charge >= 0.3 is 18.0 Å². The number of hydrogen-bond acceptors (Lipinski definition) is 0. The van der Waals surface area contributed by atoms with Gasteiger partial charge in [-0.05, 0) is 6.92 Å². The zero-order valence-corrected chi connectivity index (χ0v) is 11.5. The third-order valence-electron chi connectivity index (χ3n) is 4.20. The van der Waals surface area contributed by atoms with Crippen molar-refractivity contribution in [1.82, 2.24) is 0 Å². The van der Waals surface area contributed by atoms with E-state index in [0.717, 1.165) is 0 Å². The highest BCUT2D eigenvalue weighted by molar-refractivity contribution is 5.17. The van der Waals surface area contributed by atoms with Gasteiger partial charge in [-0.1, -0.05) is 0 Å². The van der Waals surface area contributed by atoms with Crippen LogP contribution in [0.1, 0.15) is 19.8 Å². The molecule has 144 valence electrons. The Morgan fingerprint density at radius 1 is 0.750 bits per heavy atom. The van der Waals surface area contributed by atoms with Gasteiger partial charge in [0.15, 0.2) is 0 Å². The second kappa shape index (κ2) is 5.05. The predicted molar refractivity (Wildman–Crippen MR) is 53.0 cm³/mol. The maximum Gasteiger partial charge on any atom is 0.459 e. The molecule has 0 nitrogen and oxygen atoms in total. The van der Waals surface area contributed by atoms with E-state index in [-0.39, 0.29) is 0 Å². The van der Waals surface area contributed by atoms with Crippen LogP contribution in [0.3, 0.4) is 0 Å². The molecule has 0 N–H and O–H groups in total. The largest absolute Gasteiger partial charge is 0.459 e. The highest BCUT2D eigenvalue weighted by Gasteiger charge is 2.86. The molecule has 1 fully saturated rings. The van der Waals surface area contributed by atoms with Crippen LogP contribution in [0.2, 0.25) is 0 Å². The summed E-state index contributed by atoms with van der Waals surface area (Å²) >= 11 is 0. The van der Waals surface area contributed by atoms with E-state index in [1.54, 1.807) is 0 Å². The van der Waals surface area contributed by atoms with Crippen LogP contribution in [0.5, 0.6) is 0 Å². The van der Waals surface area contributed by atoms with E-state index in [1.165, 1.54) is 0 Å². The first-order valence-electron chi connectivity index (χ1n) is 6.05. The molecule has 0 aromatic rings. The second-order valence-corrected chi connectivity index (χ2v) is 5.84. The van der Waals surface area contributed by atoms with Crippen LogP contribution in [0, 0.1) is 5.41 Å². The Bertz CT molecular complexity index is 493. The van der Waals surface area contributed by atoms with Crippen molar-refractivity contribution in [3.63, 3.8) is 0 Å². The molecule has 13 heteroatoms. The zero-order valence-electron chi connectivity index (χ0n) is 11.5. The molecule has 1 aliphatic rings. The molecule has 24 heavy (non-hydrogen) atoms. The van der Waals surface area contributed by atoms with Crippen LogP contribution >= 0.6 is 0 Å². The van der Waals surface area contributed by atoms with Gasteiger partial charge in [0.1, 0.15) is 12.1 Å². The first kappa shape index (κ1) is 21.1. The molecule has 2 unspecified atom stereocenters. The van der Waals surface area contributed by atoms with Gasteiger partial charge in [0.2, 0.25) is 5.67 Å². The van der Waals surface area contributed by atoms with Crippen molar-refractivity contribution in [2.24, 2.45) is 5.41 Å². The Balaban J connectivity index is 3.59. The third kappa shape index (κ3) is 2.44. The minimum absolute atomic E-state index is 0.605. The molecule has 0 aromatic carbocycles. The van der Waals surface area contributed by atoms with Crippen molar-refractivity contribution < 1.29 is 57.1 Å². The van der Waals surface area contributed by atoms with Crippen LogP contribution in [0.15, 0.2) is 0 Å². The molecule has 0 aromatic heterocycles. The minimum Gasteiger partial charge on any atom is -0.247 e. The smallest absolute Gasteiger partial charge is 0.247 e. The summed E-state index contributed by atoms with van der Waals surface area (Å²) in [6, 6.07) is 0. The van der Waals surface area contributed by atoms with Gasteiger partial charge in [-0.3, -0.25) is 0 Å². The molecule has 0 bridgehead atoms. The number of hydrogen-bond donors (Lipinski definition) is 0. The van der Waals surface area contributed by atoms with Crippen molar-refractivity contribution in [2.75, 3.05) is 6.67 Å². The van der Waals surface area contributed by atoms with Crippen LogP contribution in [0.25, 0.3) is 0 Å². The van der Waals surface area contributed by atoms with E-state index in [9.17, 15) is 57.1 Å². The van der Waals surface area contributed by atoms with Crippen LogP contribution in [-0.4, -0.2) is 42.2 Å². The Kier molecular flexibility index (Phi) is 4.45. The molecule has 0 heterocycles. The average molecular weight is 388 g/mol. The Morgan fingerprint density at radius 2 is 1.17 bits per heavy atom. The van der Waals surface area contributed by atoms with E-state index in [4.69, 9.17) is 0 Å². The third-order valence-corrected chi connectivity index (χ3v) is 4.20. The summed E-state index contributed by atoms with van der Waals surface area (Å²) in [5.41, 5.74) is -9.68. The highest BCUT2D eigenvalue weighted by Crippen LogP contribution is 2.67. The Hall–Kier alpha value is -0.910. The topological polar surface area (TPSA) is 0 Å². The number of halogens is 13. The van der Waals surface area contributed by atoms with E-state index in [0.29, 0.717) is 0 Å². The second-order valence-electron chi connectivity index (χ2n) is 5.84. The lowest BCUT2D eigenvalue weighted by molar-refractivity contribution is -0.415. The van der Waals surface area contributed by atoms with Crippen molar-refractivity contribution in [3.05, 3.63) is 0 Å². The lowest BCUT2D eigenvalue weighted by Gasteiger charge is -2.53. The van der Waals surface area contributed by atoms with Gasteiger partial charge in [0.25, 0.3) is 11.8 Å². The molecular formula is C11H9F13. The van der Waals surface area contributed by atoms with Gasteiger partial charge < -0.3 is 0 Å². The Labute approximate surface area is 126 Å². The first-order valence-corrected chi connectivity index (χ1v) is 6.05. The predicted octanol–water partition coefficient (Wildman–Crippen LogP) is 5.57. The molecular weight excluding hydrogens is 379 g/mol. The fourth-order valence-electron chi connectivity index (χ4n) is 2.46. The quantitative estimate of drug-likeness (QED) is 0.555. The summed E-state index contributed by atoms with van der Waals surface area (Å²) in [6.45, 7) is -3.44. The number of alkyl halides is 13. The summed E-state index contributed by atoms with van der Waals surface area (Å²) in [5.74, 6) is -24.6. The van der Waals surface area contributed by atoms with Gasteiger partial charge in [-0.15, -0.1) is 0 Å². The van der Waals surface area contributed by atoms with Crippen molar-refractivity contribution in [1.29, 1.82) is 0 Å². The van der Waals surface area contributed by atoms with Crippen LogP contribution in [0.4, 0.5) is 57.1 Å². The summed E-state index contributed by atoms with van der Waals surface area (Å²) in [7, 11) is 0. The maximum atomic E-state index is 13.8. The monoisotopic (exact) mass is 388 g/mol. The normalized spacial score (nSPS) is 34.2. The summed E-state index contributed by atoms with van der Waals surface area (Å²) in [4.78, 5) is 0. The van der Waals surface area contributed by atoms with E-state index in [2.05, 4.69) is 0 Å². The molecule has 1 saturated carbocycles. The first-order chi connectivity index (χ1) is 10.2. The molecule has 0 spiro atoms. The average Bonchev–Trinajstić information content (AvgIpc) is 2.33. The molecule has 0 amide bonds. The Morgan fingerprint density at radius 3 is 1.50 bits per heavy atom. The molecule has 0 radical (unpaired) electrons. The zero-order chi connectivity index (χ0) is 19.6. The fraction of sp³-hybridized carbons (Fsp3) is 1.00. The van der Waals surface area contributed by atoms with Gasteiger partial charge in [0, 0.05) is 6.42 Å². The maximum absolute atomic E-state index is 13.8. The molecule has 0 aliphatic heterocycles. The lowest BCUT2D eigenvalue weighted by Crippen LogP contribution is -2.71. The van der Waals surface area contributed by atoms with Gasteiger partial charge in [-0.2, -0.15) is 30.7 Å². The van der Waals surface area contributed by atoms with Gasteiger partial charge in [-0.25, -0.2) is 26.3 Å². The van der Waals surface area contributed by atoms with E-state index < -0.39 is 67.4 Å². The fourth-order valence-corrected chi connectivity index (χ4v) is 2.46. The summed E-state index contributed by atoms with van der Waals surface area (Å²) < 4.78 is 170. The summed E-state index contributed by atoms with van der Waals surface area (Å²) in [5, 5.41) is 0. The molecule has 2 atom stereocenters. The van der Waals surface area contributed by atoms with Crippen LogP contribution in [-0.2, 0) is 0 Å². The highest BCUT2D eigenvalue weighted by atomic mass is 19.4. The molecule has 1 rings (SSSR count). The van der Waals surface area contributed by atoms with Crippen molar-refractivity contribution in [3.8, 4) is 0 Å². The molecule has 0 saturated heterocycles. The lowest BCUT2D eigenvalue weighted by atomic mass is 9.61.